The predicted octanol–water partition coefficient (Wildman–Crippen LogP) is 2.93. The van der Waals surface area contributed by atoms with E-state index in [1.54, 1.807) is 6.07 Å². The number of anilines is 1. The van der Waals surface area contributed by atoms with Crippen molar-refractivity contribution in [3.63, 3.8) is 0 Å². The second-order valence-corrected chi connectivity index (χ2v) is 4.34. The van der Waals surface area contributed by atoms with Gasteiger partial charge in [-0.15, -0.1) is 6.58 Å². The Hall–Kier alpha value is -2.30. The molecule has 0 radical (unpaired) electrons. The number of unbranched alkanes of at least 4 members (excludes halogenated alkanes) is 1. The Morgan fingerprint density at radius 1 is 1.58 bits per heavy atom. The van der Waals surface area contributed by atoms with Gasteiger partial charge in [-0.1, -0.05) is 6.08 Å². The first-order valence-electron chi connectivity index (χ1n) is 6.07. The normalized spacial score (nSPS) is 10.6. The van der Waals surface area contributed by atoms with Gasteiger partial charge in [0, 0.05) is 13.6 Å². The highest BCUT2D eigenvalue weighted by Crippen LogP contribution is 2.22. The minimum absolute atomic E-state index is 0.199. The first-order valence-corrected chi connectivity index (χ1v) is 6.07. The molecule has 19 heavy (non-hydrogen) atoms. The van der Waals surface area contributed by atoms with E-state index in [0.29, 0.717) is 17.1 Å². The van der Waals surface area contributed by atoms with E-state index in [9.17, 15) is 4.79 Å². The Morgan fingerprint density at radius 3 is 3.05 bits per heavy atom. The van der Waals surface area contributed by atoms with Crippen LogP contribution >= 0.6 is 0 Å². The number of carbonyl (C=O) groups is 1. The minimum Gasteiger partial charge on any atom is -0.478 e. The van der Waals surface area contributed by atoms with E-state index < -0.39 is 5.97 Å². The van der Waals surface area contributed by atoms with Crippen molar-refractivity contribution in [1.29, 1.82) is 0 Å². The summed E-state index contributed by atoms with van der Waals surface area (Å²) in [6, 6.07) is 5.17. The molecule has 0 atom stereocenters. The zero-order valence-corrected chi connectivity index (χ0v) is 10.8. The summed E-state index contributed by atoms with van der Waals surface area (Å²) in [4.78, 5) is 17.1. The van der Waals surface area contributed by atoms with Gasteiger partial charge < -0.3 is 14.4 Å². The van der Waals surface area contributed by atoms with Crippen LogP contribution in [0.5, 0.6) is 0 Å². The van der Waals surface area contributed by atoms with Crippen molar-refractivity contribution in [2.45, 2.75) is 12.8 Å². The monoisotopic (exact) mass is 260 g/mol. The number of allylic oxidation sites excluding steroid dienone is 1. The summed E-state index contributed by atoms with van der Waals surface area (Å²) in [7, 11) is 1.89. The molecule has 1 heterocycles. The quantitative estimate of drug-likeness (QED) is 0.639. The van der Waals surface area contributed by atoms with Gasteiger partial charge in [0.15, 0.2) is 5.58 Å². The van der Waals surface area contributed by atoms with Crippen LogP contribution in [0.4, 0.5) is 6.01 Å². The fourth-order valence-electron chi connectivity index (χ4n) is 1.78. The number of carboxylic acid groups (broad SMARTS) is 1. The molecule has 0 aliphatic heterocycles. The smallest absolute Gasteiger partial charge is 0.335 e. The number of fused-ring (bicyclic) bond motifs is 1. The second-order valence-electron chi connectivity index (χ2n) is 4.34. The number of hydrogen-bond donors (Lipinski definition) is 1. The number of benzene rings is 1. The third-order valence-corrected chi connectivity index (χ3v) is 2.85. The third-order valence-electron chi connectivity index (χ3n) is 2.85. The van der Waals surface area contributed by atoms with Crippen LogP contribution in [0.2, 0.25) is 0 Å². The van der Waals surface area contributed by atoms with Crippen LogP contribution in [0, 0.1) is 0 Å². The summed E-state index contributed by atoms with van der Waals surface area (Å²) in [5, 5.41) is 8.92. The average molecular weight is 260 g/mol. The van der Waals surface area contributed by atoms with Crippen molar-refractivity contribution < 1.29 is 14.3 Å². The van der Waals surface area contributed by atoms with Crippen LogP contribution in [0.1, 0.15) is 23.2 Å². The van der Waals surface area contributed by atoms with Crippen molar-refractivity contribution in [2.24, 2.45) is 0 Å². The fraction of sp³-hybridized carbons (Fsp3) is 0.286. The largest absolute Gasteiger partial charge is 0.478 e. The van der Waals surface area contributed by atoms with Crippen LogP contribution in [0.3, 0.4) is 0 Å². The predicted molar refractivity (Wildman–Crippen MR) is 73.7 cm³/mol. The fourth-order valence-corrected chi connectivity index (χ4v) is 1.78. The standard InChI is InChI=1S/C14H16N2O3/c1-3-4-5-8-16(2)14-15-11-7-6-10(13(17)18)9-12(11)19-14/h3,6-7,9H,1,4-5,8H2,2H3,(H,17,18). The molecule has 100 valence electrons. The number of aromatic nitrogens is 1. The summed E-state index contributed by atoms with van der Waals surface area (Å²) >= 11 is 0. The van der Waals surface area contributed by atoms with Gasteiger partial charge in [-0.3, -0.25) is 0 Å². The van der Waals surface area contributed by atoms with Gasteiger partial charge in [-0.25, -0.2) is 4.79 Å². The molecule has 1 aromatic heterocycles. The molecule has 0 saturated heterocycles. The van der Waals surface area contributed by atoms with Crippen molar-refractivity contribution in [2.75, 3.05) is 18.5 Å². The van der Waals surface area contributed by atoms with Crippen LogP contribution in [0.15, 0.2) is 35.3 Å². The van der Waals surface area contributed by atoms with E-state index in [4.69, 9.17) is 9.52 Å². The van der Waals surface area contributed by atoms with E-state index in [2.05, 4.69) is 11.6 Å². The van der Waals surface area contributed by atoms with Crippen molar-refractivity contribution >= 4 is 23.1 Å². The van der Waals surface area contributed by atoms with Gasteiger partial charge in [0.25, 0.3) is 6.01 Å². The lowest BCUT2D eigenvalue weighted by molar-refractivity contribution is 0.0697. The number of oxazole rings is 1. The summed E-state index contributed by atoms with van der Waals surface area (Å²) in [6.45, 7) is 4.49. The van der Waals surface area contributed by atoms with Gasteiger partial charge in [0.05, 0.1) is 5.56 Å². The molecule has 2 rings (SSSR count). The molecule has 0 bridgehead atoms. The lowest BCUT2D eigenvalue weighted by Gasteiger charge is -2.12. The van der Waals surface area contributed by atoms with Crippen LogP contribution < -0.4 is 4.90 Å². The van der Waals surface area contributed by atoms with E-state index >= 15 is 0 Å². The minimum atomic E-state index is -0.973. The Balaban J connectivity index is 2.20. The first-order chi connectivity index (χ1) is 9.11. The molecule has 0 aliphatic carbocycles. The molecule has 2 aromatic rings. The van der Waals surface area contributed by atoms with E-state index in [1.807, 2.05) is 18.0 Å². The van der Waals surface area contributed by atoms with Crippen LogP contribution in [-0.4, -0.2) is 29.7 Å². The molecule has 0 unspecified atom stereocenters. The topological polar surface area (TPSA) is 66.6 Å². The lowest BCUT2D eigenvalue weighted by Crippen LogP contribution is -2.18. The lowest BCUT2D eigenvalue weighted by atomic mass is 10.2. The van der Waals surface area contributed by atoms with E-state index in [0.717, 1.165) is 19.4 Å². The Labute approximate surface area is 111 Å². The molecule has 5 heteroatoms. The average Bonchev–Trinajstić information content (AvgIpc) is 2.81. The molecule has 0 amide bonds. The van der Waals surface area contributed by atoms with Crippen LogP contribution in [-0.2, 0) is 0 Å². The van der Waals surface area contributed by atoms with Gasteiger partial charge in [-0.2, -0.15) is 4.98 Å². The van der Waals surface area contributed by atoms with E-state index in [1.165, 1.54) is 12.1 Å². The number of hydrogen-bond acceptors (Lipinski definition) is 4. The molecule has 5 nitrogen and oxygen atoms in total. The Bertz CT molecular complexity index is 604. The summed E-state index contributed by atoms with van der Waals surface area (Å²) in [6.07, 6.45) is 3.78. The molecular weight excluding hydrogens is 244 g/mol. The molecular formula is C14H16N2O3. The molecule has 1 aromatic carbocycles. The van der Waals surface area contributed by atoms with Crippen molar-refractivity contribution in [1.82, 2.24) is 4.98 Å². The maximum atomic E-state index is 10.9. The summed E-state index contributed by atoms with van der Waals surface area (Å²) in [5.74, 6) is -0.973. The zero-order valence-electron chi connectivity index (χ0n) is 10.8. The van der Waals surface area contributed by atoms with Gasteiger partial charge in [0.2, 0.25) is 0 Å². The van der Waals surface area contributed by atoms with Crippen molar-refractivity contribution in [3.8, 4) is 0 Å². The number of carboxylic acids is 1. The SMILES string of the molecule is C=CCCCN(C)c1nc2ccc(C(=O)O)cc2o1. The molecule has 0 fully saturated rings. The summed E-state index contributed by atoms with van der Waals surface area (Å²) in [5.41, 5.74) is 1.35. The van der Waals surface area contributed by atoms with Gasteiger partial charge >= 0.3 is 5.97 Å². The Kier molecular flexibility index (Phi) is 3.85. The molecule has 0 spiro atoms. The number of nitrogens with zero attached hydrogens (tertiary/aromatic N) is 2. The first kappa shape index (κ1) is 13.1. The highest BCUT2D eigenvalue weighted by Gasteiger charge is 2.12. The highest BCUT2D eigenvalue weighted by molar-refractivity contribution is 5.92. The molecule has 0 aliphatic rings. The Morgan fingerprint density at radius 2 is 2.37 bits per heavy atom. The zero-order chi connectivity index (χ0) is 13.8. The maximum Gasteiger partial charge on any atom is 0.335 e. The highest BCUT2D eigenvalue weighted by atomic mass is 16.4. The maximum absolute atomic E-state index is 10.9. The van der Waals surface area contributed by atoms with E-state index in [-0.39, 0.29) is 5.56 Å². The third kappa shape index (κ3) is 2.93. The second kappa shape index (κ2) is 5.56. The number of aromatic carboxylic acids is 1. The van der Waals surface area contributed by atoms with Gasteiger partial charge in [0.1, 0.15) is 5.52 Å². The summed E-state index contributed by atoms with van der Waals surface area (Å²) < 4.78 is 5.58. The molecule has 0 saturated carbocycles. The molecule has 1 N–H and O–H groups in total. The van der Waals surface area contributed by atoms with Gasteiger partial charge in [-0.05, 0) is 31.0 Å². The van der Waals surface area contributed by atoms with Crippen LogP contribution in [0.25, 0.3) is 11.1 Å². The number of rotatable bonds is 6. The van der Waals surface area contributed by atoms with Crippen molar-refractivity contribution in [3.05, 3.63) is 36.4 Å².